The Morgan fingerprint density at radius 1 is 0.839 bits per heavy atom. The van der Waals surface area contributed by atoms with Crippen molar-refractivity contribution in [1.82, 2.24) is 9.55 Å². The van der Waals surface area contributed by atoms with E-state index in [0.717, 1.165) is 28.0 Å². The molecule has 3 aromatic carbocycles. The van der Waals surface area contributed by atoms with E-state index in [9.17, 15) is 0 Å². The second kappa shape index (κ2) is 8.43. The van der Waals surface area contributed by atoms with Crippen LogP contribution < -0.4 is 4.74 Å². The Bertz CT molecular complexity index is 1190. The summed E-state index contributed by atoms with van der Waals surface area (Å²) < 4.78 is 7.85. The zero-order valence-electron chi connectivity index (χ0n) is 19.0. The number of hydrogen-bond acceptors (Lipinski definition) is 2. The number of ether oxygens (including phenoxy) is 1. The summed E-state index contributed by atoms with van der Waals surface area (Å²) >= 11 is 0. The Labute approximate surface area is 185 Å². The number of nitrogens with zero attached hydrogens (tertiary/aromatic N) is 2. The van der Waals surface area contributed by atoms with Crippen LogP contribution in [0.5, 0.6) is 5.75 Å². The average Bonchev–Trinajstić information content (AvgIpc) is 3.15. The summed E-state index contributed by atoms with van der Waals surface area (Å²) in [5.41, 5.74) is 6.99. The Kier molecular flexibility index (Phi) is 5.69. The maximum Gasteiger partial charge on any atom is 0.119 e. The Balaban J connectivity index is 1.54. The lowest BCUT2D eigenvalue weighted by atomic mass is 9.87. The lowest BCUT2D eigenvalue weighted by molar-refractivity contribution is 0.242. The van der Waals surface area contributed by atoms with Gasteiger partial charge in [-0.25, -0.2) is 4.98 Å². The van der Waals surface area contributed by atoms with E-state index >= 15 is 0 Å². The monoisotopic (exact) mass is 410 g/mol. The van der Waals surface area contributed by atoms with Crippen molar-refractivity contribution in [3.63, 3.8) is 0 Å². The summed E-state index contributed by atoms with van der Waals surface area (Å²) in [4.78, 5) is 4.62. The van der Waals surface area contributed by atoms with E-state index in [0.29, 0.717) is 0 Å². The fourth-order valence-corrected chi connectivity index (χ4v) is 3.58. The minimum atomic E-state index is 0.169. The molecule has 0 aliphatic heterocycles. The van der Waals surface area contributed by atoms with Crippen LogP contribution in [0.1, 0.15) is 51.3 Å². The van der Waals surface area contributed by atoms with E-state index in [1.807, 2.05) is 32.3 Å². The minimum absolute atomic E-state index is 0.169. The van der Waals surface area contributed by atoms with Crippen LogP contribution in [0, 0.1) is 0 Å². The van der Waals surface area contributed by atoms with Crippen LogP contribution in [0.2, 0.25) is 0 Å². The molecule has 3 heteroatoms. The Morgan fingerprint density at radius 3 is 2.13 bits per heavy atom. The lowest BCUT2D eigenvalue weighted by Gasteiger charge is -2.18. The summed E-state index contributed by atoms with van der Waals surface area (Å²) in [7, 11) is 0. The van der Waals surface area contributed by atoms with E-state index in [1.165, 1.54) is 11.1 Å². The molecule has 0 saturated heterocycles. The first-order chi connectivity index (χ1) is 14.8. The van der Waals surface area contributed by atoms with Crippen molar-refractivity contribution >= 4 is 23.2 Å². The zero-order chi connectivity index (χ0) is 22.0. The standard InChI is InChI=1S/C28H30N2O/c1-20(2)31-25-15-13-24(14-16-25)30-19-29-26-18-22(10-17-27(26)30)7-6-21-8-11-23(12-9-21)28(3,4)5/h6-20H,1-5H3/b7-6+. The van der Waals surface area contributed by atoms with Crippen LogP contribution in [0.3, 0.4) is 0 Å². The fraction of sp³-hybridized carbons (Fsp3) is 0.250. The van der Waals surface area contributed by atoms with E-state index < -0.39 is 0 Å². The third kappa shape index (κ3) is 4.88. The highest BCUT2D eigenvalue weighted by Crippen LogP contribution is 2.24. The van der Waals surface area contributed by atoms with Crippen molar-refractivity contribution < 1.29 is 4.74 Å². The van der Waals surface area contributed by atoms with Crippen LogP contribution >= 0.6 is 0 Å². The summed E-state index contributed by atoms with van der Waals surface area (Å²) in [6.45, 7) is 10.8. The molecular formula is C28H30N2O. The van der Waals surface area contributed by atoms with Crippen molar-refractivity contribution in [2.75, 3.05) is 0 Å². The topological polar surface area (TPSA) is 27.1 Å². The minimum Gasteiger partial charge on any atom is -0.491 e. The van der Waals surface area contributed by atoms with Crippen LogP contribution in [0.25, 0.3) is 28.9 Å². The van der Waals surface area contributed by atoms with Gasteiger partial charge in [-0.2, -0.15) is 0 Å². The van der Waals surface area contributed by atoms with Crippen LogP contribution in [0.4, 0.5) is 0 Å². The molecule has 4 aromatic rings. The number of hydrogen-bond donors (Lipinski definition) is 0. The number of fused-ring (bicyclic) bond motifs is 1. The number of benzene rings is 3. The Morgan fingerprint density at radius 2 is 1.48 bits per heavy atom. The number of imidazole rings is 1. The predicted molar refractivity (Wildman–Crippen MR) is 131 cm³/mol. The van der Waals surface area contributed by atoms with Gasteiger partial charge in [0, 0.05) is 5.69 Å². The summed E-state index contributed by atoms with van der Waals surface area (Å²) in [5, 5.41) is 0. The molecule has 1 heterocycles. The molecule has 0 unspecified atom stereocenters. The van der Waals surface area contributed by atoms with Crippen molar-refractivity contribution in [3.8, 4) is 11.4 Å². The quantitative estimate of drug-likeness (QED) is 0.323. The van der Waals surface area contributed by atoms with Crippen LogP contribution in [-0.2, 0) is 5.41 Å². The summed E-state index contributed by atoms with van der Waals surface area (Å²) in [6.07, 6.45) is 6.34. The summed E-state index contributed by atoms with van der Waals surface area (Å²) in [6, 6.07) is 23.3. The van der Waals surface area contributed by atoms with Gasteiger partial charge in [-0.3, -0.25) is 4.57 Å². The average molecular weight is 411 g/mol. The molecule has 158 valence electrons. The molecule has 0 spiro atoms. The second-order valence-corrected chi connectivity index (χ2v) is 9.23. The van der Waals surface area contributed by atoms with Gasteiger partial charge in [0.2, 0.25) is 0 Å². The van der Waals surface area contributed by atoms with Crippen molar-refractivity contribution in [3.05, 3.63) is 89.7 Å². The normalized spacial score (nSPS) is 12.2. The fourth-order valence-electron chi connectivity index (χ4n) is 3.58. The molecule has 31 heavy (non-hydrogen) atoms. The van der Waals surface area contributed by atoms with E-state index in [2.05, 4.69) is 97.1 Å². The maximum atomic E-state index is 5.74. The highest BCUT2D eigenvalue weighted by atomic mass is 16.5. The molecule has 0 amide bonds. The van der Waals surface area contributed by atoms with E-state index in [1.54, 1.807) is 0 Å². The van der Waals surface area contributed by atoms with Crippen molar-refractivity contribution in [2.24, 2.45) is 0 Å². The first-order valence-corrected chi connectivity index (χ1v) is 10.8. The smallest absolute Gasteiger partial charge is 0.119 e. The van der Waals surface area contributed by atoms with Gasteiger partial charge in [-0.15, -0.1) is 0 Å². The number of rotatable bonds is 5. The van der Waals surface area contributed by atoms with Gasteiger partial charge in [-0.05, 0) is 72.4 Å². The van der Waals surface area contributed by atoms with Crippen LogP contribution in [-0.4, -0.2) is 15.7 Å². The predicted octanol–water partition coefficient (Wildman–Crippen LogP) is 7.28. The molecular weight excluding hydrogens is 380 g/mol. The molecule has 0 radical (unpaired) electrons. The molecule has 0 aliphatic rings. The highest BCUT2D eigenvalue weighted by Gasteiger charge is 2.12. The van der Waals surface area contributed by atoms with Crippen molar-refractivity contribution in [2.45, 2.75) is 46.1 Å². The molecule has 0 aliphatic carbocycles. The zero-order valence-corrected chi connectivity index (χ0v) is 19.0. The van der Waals surface area contributed by atoms with Gasteiger partial charge in [0.25, 0.3) is 0 Å². The maximum absolute atomic E-state index is 5.74. The van der Waals surface area contributed by atoms with Gasteiger partial charge in [-0.1, -0.05) is 63.3 Å². The van der Waals surface area contributed by atoms with E-state index in [4.69, 9.17) is 4.74 Å². The van der Waals surface area contributed by atoms with E-state index in [-0.39, 0.29) is 11.5 Å². The third-order valence-corrected chi connectivity index (χ3v) is 5.30. The van der Waals surface area contributed by atoms with Gasteiger partial charge in [0.05, 0.1) is 17.1 Å². The van der Waals surface area contributed by atoms with Gasteiger partial charge in [0.1, 0.15) is 12.1 Å². The first-order valence-electron chi connectivity index (χ1n) is 10.8. The van der Waals surface area contributed by atoms with Crippen molar-refractivity contribution in [1.29, 1.82) is 0 Å². The molecule has 4 rings (SSSR count). The first kappa shape index (κ1) is 20.9. The molecule has 0 N–H and O–H groups in total. The van der Waals surface area contributed by atoms with Gasteiger partial charge < -0.3 is 4.74 Å². The largest absolute Gasteiger partial charge is 0.491 e. The third-order valence-electron chi connectivity index (χ3n) is 5.30. The molecule has 0 bridgehead atoms. The Hall–Kier alpha value is -3.33. The molecule has 0 atom stereocenters. The lowest BCUT2D eigenvalue weighted by Crippen LogP contribution is -2.10. The molecule has 1 aromatic heterocycles. The second-order valence-electron chi connectivity index (χ2n) is 9.23. The van der Waals surface area contributed by atoms with Crippen LogP contribution in [0.15, 0.2) is 73.1 Å². The van der Waals surface area contributed by atoms with Gasteiger partial charge >= 0.3 is 0 Å². The molecule has 0 fully saturated rings. The highest BCUT2D eigenvalue weighted by molar-refractivity contribution is 5.82. The molecule has 0 saturated carbocycles. The number of aromatic nitrogens is 2. The summed E-state index contributed by atoms with van der Waals surface area (Å²) in [5.74, 6) is 0.881. The van der Waals surface area contributed by atoms with Gasteiger partial charge in [0.15, 0.2) is 0 Å². The SMILES string of the molecule is CC(C)Oc1ccc(-n2cnc3cc(/C=C/c4ccc(C(C)(C)C)cc4)ccc32)cc1. The molecule has 3 nitrogen and oxygen atoms in total.